The molecule has 0 atom stereocenters. The van der Waals surface area contributed by atoms with Gasteiger partial charge in [0.05, 0.1) is 11.4 Å². The van der Waals surface area contributed by atoms with Crippen LogP contribution >= 0.6 is 28.5 Å². The summed E-state index contributed by atoms with van der Waals surface area (Å²) in [5.41, 5.74) is 2.16. The van der Waals surface area contributed by atoms with Crippen LogP contribution in [0.5, 0.6) is 0 Å². The van der Waals surface area contributed by atoms with Crippen molar-refractivity contribution in [2.45, 2.75) is 65.2 Å². The van der Waals surface area contributed by atoms with E-state index in [1.54, 1.807) is 0 Å². The average Bonchev–Trinajstić information content (AvgIpc) is 2.93. The van der Waals surface area contributed by atoms with Gasteiger partial charge < -0.3 is 0 Å². The number of hydrogen-bond acceptors (Lipinski definition) is 4. The van der Waals surface area contributed by atoms with Crippen molar-refractivity contribution < 1.29 is 10.9 Å². The second-order valence-electron chi connectivity index (χ2n) is 6.15. The topological polar surface area (TPSA) is 31.2 Å². The molecule has 0 aromatic carbocycles. The minimum atomic E-state index is 1.08. The van der Waals surface area contributed by atoms with Crippen molar-refractivity contribution in [2.75, 3.05) is 26.2 Å². The first-order valence-electron chi connectivity index (χ1n) is 8.60. The van der Waals surface area contributed by atoms with Crippen LogP contribution in [0.25, 0.3) is 0 Å². The number of hydrogen-bond donors (Lipinski definition) is 0. The standard InChI is InChI=1S/C16H30N4.2BrH.Ni/c1-15(17-19-11-7-3-4-8-12-19)16(2)18-20-13-9-5-6-10-14-20;;;/h3-14H2,1-2H3;2*1H;/q;;;+2/p-2/b17-15+,18-16+;;;. The molecule has 138 valence electrons. The predicted octanol–water partition coefficient (Wildman–Crippen LogP) is 5.18. The van der Waals surface area contributed by atoms with Crippen molar-refractivity contribution in [1.82, 2.24) is 10.0 Å². The number of hydrazone groups is 2. The second-order valence-corrected chi connectivity index (χ2v) is 11.1. The molecule has 0 saturated carbocycles. The van der Waals surface area contributed by atoms with E-state index in [2.05, 4.69) is 52.3 Å². The first kappa shape index (κ1) is 21.4. The summed E-state index contributed by atoms with van der Waals surface area (Å²) in [6.07, 6.45) is 10.5. The van der Waals surface area contributed by atoms with Gasteiger partial charge in [-0.05, 0) is 39.5 Å². The summed E-state index contributed by atoms with van der Waals surface area (Å²) in [4.78, 5) is 0. The van der Waals surface area contributed by atoms with Crippen molar-refractivity contribution in [3.05, 3.63) is 0 Å². The zero-order valence-electron chi connectivity index (χ0n) is 14.3. The van der Waals surface area contributed by atoms with E-state index in [0.29, 0.717) is 0 Å². The van der Waals surface area contributed by atoms with Gasteiger partial charge in [-0.1, -0.05) is 25.7 Å². The third kappa shape index (κ3) is 10.1. The Morgan fingerprint density at radius 1 is 0.652 bits per heavy atom. The van der Waals surface area contributed by atoms with Crippen LogP contribution in [0, 0.1) is 0 Å². The van der Waals surface area contributed by atoms with E-state index in [9.17, 15) is 0 Å². The summed E-state index contributed by atoms with van der Waals surface area (Å²) >= 11 is 6.00. The zero-order valence-corrected chi connectivity index (χ0v) is 18.5. The Kier molecular flexibility index (Phi) is 12.7. The van der Waals surface area contributed by atoms with Gasteiger partial charge in [0.1, 0.15) is 0 Å². The van der Waals surface area contributed by atoms with Gasteiger partial charge in [-0.2, -0.15) is 10.2 Å². The molecule has 2 rings (SSSR count). The summed E-state index contributed by atoms with van der Waals surface area (Å²) in [5, 5.41) is 14.0. The molecule has 0 N–H and O–H groups in total. The fourth-order valence-corrected chi connectivity index (χ4v) is 2.88. The van der Waals surface area contributed by atoms with Crippen molar-refractivity contribution in [3.8, 4) is 0 Å². The van der Waals surface area contributed by atoms with Crippen LogP contribution in [0.4, 0.5) is 0 Å². The molecule has 0 radical (unpaired) electrons. The van der Waals surface area contributed by atoms with E-state index in [-0.39, 0.29) is 0 Å². The van der Waals surface area contributed by atoms with Crippen LogP contribution in [0.15, 0.2) is 10.2 Å². The number of halogens is 2. The number of rotatable bonds is 3. The maximum absolute atomic E-state index is 4.78. The van der Waals surface area contributed by atoms with Crippen LogP contribution in [-0.2, 0) is 10.9 Å². The summed E-state index contributed by atoms with van der Waals surface area (Å²) in [5.74, 6) is 0. The van der Waals surface area contributed by atoms with Crippen molar-refractivity contribution >= 4 is 39.9 Å². The molecule has 0 aromatic heterocycles. The Morgan fingerprint density at radius 2 is 0.913 bits per heavy atom. The van der Waals surface area contributed by atoms with Crippen LogP contribution in [0.1, 0.15) is 65.2 Å². The second kappa shape index (κ2) is 13.7. The predicted molar refractivity (Wildman–Crippen MR) is 104 cm³/mol. The molecule has 0 unspecified atom stereocenters. The summed E-state index contributed by atoms with van der Waals surface area (Å²) in [6, 6.07) is 0. The molecular formula is C16H30Br2N4Ni. The molecule has 2 aliphatic rings. The van der Waals surface area contributed by atoms with Gasteiger partial charge in [0.15, 0.2) is 0 Å². The van der Waals surface area contributed by atoms with Crippen molar-refractivity contribution in [1.29, 1.82) is 0 Å². The van der Waals surface area contributed by atoms with E-state index in [1.165, 1.54) is 62.3 Å². The summed E-state index contributed by atoms with van der Waals surface area (Å²) in [6.45, 7) is 8.62. The van der Waals surface area contributed by atoms with Crippen molar-refractivity contribution in [3.63, 3.8) is 0 Å². The average molecular weight is 497 g/mol. The molecule has 0 aromatic rings. The monoisotopic (exact) mass is 494 g/mol. The molecule has 7 heteroatoms. The zero-order chi connectivity index (χ0) is 16.9. The molecule has 0 bridgehead atoms. The Balaban J connectivity index is 0.000000816. The van der Waals surface area contributed by atoms with Crippen LogP contribution in [-0.4, -0.2) is 47.6 Å². The quantitative estimate of drug-likeness (QED) is 0.398. The van der Waals surface area contributed by atoms with E-state index >= 15 is 0 Å². The summed E-state index contributed by atoms with van der Waals surface area (Å²) < 4.78 is 0. The molecule has 2 heterocycles. The van der Waals surface area contributed by atoms with Crippen molar-refractivity contribution in [2.24, 2.45) is 10.2 Å². The molecule has 4 nitrogen and oxygen atoms in total. The Labute approximate surface area is 161 Å². The molecule has 23 heavy (non-hydrogen) atoms. The van der Waals surface area contributed by atoms with Gasteiger partial charge in [0.2, 0.25) is 0 Å². The van der Waals surface area contributed by atoms with Gasteiger partial charge in [0.25, 0.3) is 0 Å². The molecular weight excluding hydrogens is 467 g/mol. The molecule has 2 aliphatic heterocycles. The van der Waals surface area contributed by atoms with Gasteiger partial charge in [-0.15, -0.1) is 0 Å². The van der Waals surface area contributed by atoms with Gasteiger partial charge in [-0.3, -0.25) is 10.0 Å². The van der Waals surface area contributed by atoms with Crippen LogP contribution < -0.4 is 0 Å². The Morgan fingerprint density at radius 3 is 1.17 bits per heavy atom. The summed E-state index contributed by atoms with van der Waals surface area (Å²) in [7, 11) is 1.25. The van der Waals surface area contributed by atoms with Crippen LogP contribution in [0.2, 0.25) is 0 Å². The fourth-order valence-electron chi connectivity index (χ4n) is 2.88. The fraction of sp³-hybridized carbons (Fsp3) is 0.875. The first-order chi connectivity index (χ1) is 11.2. The Hall–Kier alpha value is 0.394. The first-order valence-corrected chi connectivity index (χ1v) is 13.5. The van der Waals surface area contributed by atoms with Gasteiger partial charge >= 0.3 is 39.3 Å². The molecule has 0 aliphatic carbocycles. The number of nitrogens with zero attached hydrogens (tertiary/aromatic N) is 4. The molecule has 2 saturated heterocycles. The van der Waals surface area contributed by atoms with E-state index in [0.717, 1.165) is 37.6 Å². The molecule has 0 spiro atoms. The maximum atomic E-state index is 4.78. The van der Waals surface area contributed by atoms with E-state index in [1.807, 2.05) is 0 Å². The SMILES string of the molecule is CC(=N\N1CCCCCC1)/C(C)=N/N1CCCCCC1.[Br][Ni][Br]. The van der Waals surface area contributed by atoms with E-state index < -0.39 is 0 Å². The van der Waals surface area contributed by atoms with Gasteiger partial charge in [-0.25, -0.2) is 0 Å². The molecule has 0 amide bonds. The Bertz CT molecular complexity index is 327. The van der Waals surface area contributed by atoms with Gasteiger partial charge in [0, 0.05) is 26.2 Å². The third-order valence-corrected chi connectivity index (χ3v) is 4.27. The minimum absolute atomic E-state index is 1.08. The molecule has 2 fully saturated rings. The van der Waals surface area contributed by atoms with Crippen LogP contribution in [0.3, 0.4) is 0 Å². The van der Waals surface area contributed by atoms with E-state index in [4.69, 9.17) is 10.2 Å². The normalized spacial score (nSPS) is 21.4. The third-order valence-electron chi connectivity index (χ3n) is 4.27.